The van der Waals surface area contributed by atoms with Crippen molar-refractivity contribution in [2.24, 2.45) is 0 Å². The van der Waals surface area contributed by atoms with Crippen LogP contribution in [0.4, 0.5) is 0 Å². The molecule has 0 radical (unpaired) electrons. The Bertz CT molecular complexity index is 438. The third-order valence-electron chi connectivity index (χ3n) is 3.89. The number of rotatable bonds is 19. The molecule has 0 fully saturated rings. The third kappa shape index (κ3) is 13.3. The maximum atomic E-state index is 5.99. The lowest BCUT2D eigenvalue weighted by molar-refractivity contribution is -0.0203. The van der Waals surface area contributed by atoms with Crippen molar-refractivity contribution in [2.75, 3.05) is 68.6 Å². The molecule has 0 saturated heterocycles. The second-order valence-electron chi connectivity index (χ2n) is 6.11. The van der Waals surface area contributed by atoms with E-state index in [4.69, 9.17) is 52.5 Å². The van der Waals surface area contributed by atoms with E-state index in [9.17, 15) is 0 Å². The van der Waals surface area contributed by atoms with Gasteiger partial charge in [0, 0.05) is 81.7 Å². The highest BCUT2D eigenvalue weighted by atomic mass is 28.5. The minimum absolute atomic E-state index is 0.453. The van der Waals surface area contributed by atoms with Crippen molar-refractivity contribution in [3.8, 4) is 0 Å². The van der Waals surface area contributed by atoms with Gasteiger partial charge in [-0.25, -0.2) is 0 Å². The van der Waals surface area contributed by atoms with E-state index in [-0.39, 0.29) is 0 Å². The Morgan fingerprint density at radius 2 is 0.697 bits per heavy atom. The first-order chi connectivity index (χ1) is 15.5. The van der Waals surface area contributed by atoms with Crippen LogP contribution in [0.2, 0.25) is 13.1 Å². The molecule has 0 unspecified atom stereocenters. The molecule has 0 aromatic rings. The monoisotopic (exact) mass is 554 g/mol. The summed E-state index contributed by atoms with van der Waals surface area (Å²) >= 11 is 0. The minimum Gasteiger partial charge on any atom is -0.377 e. The van der Waals surface area contributed by atoms with Crippen LogP contribution in [0, 0.1) is 0 Å². The van der Waals surface area contributed by atoms with Crippen LogP contribution < -0.4 is 0 Å². The zero-order valence-electron chi connectivity index (χ0n) is 22.4. The smallest absolute Gasteiger partial charge is 0.377 e. The van der Waals surface area contributed by atoms with Crippen molar-refractivity contribution in [3.05, 3.63) is 0 Å². The molecule has 12 nitrogen and oxygen atoms in total. The SMILES string of the molecule is CCO[Si](C)(OCC)O[Si](OCC)(OCC)OCC.CO[Si](C)(OC)O[Si](OC)(OC)OC. The molecule has 0 aliphatic heterocycles. The molecule has 0 N–H and O–H groups in total. The molecule has 0 bridgehead atoms. The topological polar surface area (TPSA) is 111 Å². The van der Waals surface area contributed by atoms with Gasteiger partial charge in [0.1, 0.15) is 0 Å². The highest BCUT2D eigenvalue weighted by Crippen LogP contribution is 2.21. The van der Waals surface area contributed by atoms with E-state index in [1.165, 1.54) is 35.5 Å². The van der Waals surface area contributed by atoms with Gasteiger partial charge in [0.15, 0.2) is 0 Å². The minimum atomic E-state index is -3.19. The lowest BCUT2D eigenvalue weighted by atomic mass is 10.9. The molecule has 0 aliphatic carbocycles. The van der Waals surface area contributed by atoms with Crippen molar-refractivity contribution in [2.45, 2.75) is 47.7 Å². The van der Waals surface area contributed by atoms with Crippen molar-refractivity contribution in [1.29, 1.82) is 0 Å². The lowest BCUT2D eigenvalue weighted by Crippen LogP contribution is -2.59. The Labute approximate surface area is 204 Å². The second kappa shape index (κ2) is 18.6. The summed E-state index contributed by atoms with van der Waals surface area (Å²) in [5, 5.41) is 0. The van der Waals surface area contributed by atoms with Crippen molar-refractivity contribution < 1.29 is 52.5 Å². The third-order valence-corrected chi connectivity index (χ3v) is 15.4. The maximum Gasteiger partial charge on any atom is 0.672 e. The molecule has 16 heteroatoms. The molecule has 33 heavy (non-hydrogen) atoms. The predicted molar refractivity (Wildman–Crippen MR) is 130 cm³/mol. The molecule has 0 heterocycles. The summed E-state index contributed by atoms with van der Waals surface area (Å²) in [7, 11) is -4.40. The summed E-state index contributed by atoms with van der Waals surface area (Å²) in [5.74, 6) is 0. The zero-order valence-corrected chi connectivity index (χ0v) is 26.4. The molecule has 0 saturated carbocycles. The maximum absolute atomic E-state index is 5.99. The molecule has 0 amide bonds. The molecule has 0 spiro atoms. The second-order valence-corrected chi connectivity index (χ2v) is 16.7. The summed E-state index contributed by atoms with van der Waals surface area (Å²) in [4.78, 5) is 0. The van der Waals surface area contributed by atoms with Gasteiger partial charge in [-0.05, 0) is 34.6 Å². The average Bonchev–Trinajstić information content (AvgIpc) is 2.78. The van der Waals surface area contributed by atoms with Gasteiger partial charge in [0.2, 0.25) is 0 Å². The largest absolute Gasteiger partial charge is 0.672 e. The quantitative estimate of drug-likeness (QED) is 0.219. The first kappa shape index (κ1) is 35.5. The van der Waals surface area contributed by atoms with Gasteiger partial charge in [-0.2, -0.15) is 0 Å². The fraction of sp³-hybridized carbons (Fsp3) is 1.00. The van der Waals surface area contributed by atoms with Crippen LogP contribution in [0.1, 0.15) is 34.6 Å². The van der Waals surface area contributed by atoms with Crippen LogP contribution in [0.15, 0.2) is 0 Å². The molecule has 0 rings (SSSR count). The van der Waals surface area contributed by atoms with Crippen LogP contribution in [-0.2, 0) is 52.5 Å². The van der Waals surface area contributed by atoms with Gasteiger partial charge in [0.25, 0.3) is 0 Å². The number of hydrogen-bond donors (Lipinski definition) is 0. The van der Waals surface area contributed by atoms with Gasteiger partial charge < -0.3 is 52.5 Å². The summed E-state index contributed by atoms with van der Waals surface area (Å²) in [6.07, 6.45) is 0. The first-order valence-electron chi connectivity index (χ1n) is 10.9. The van der Waals surface area contributed by atoms with Crippen LogP contribution in [-0.4, -0.2) is 104 Å². The summed E-state index contributed by atoms with van der Waals surface area (Å²) < 4.78 is 65.3. The van der Waals surface area contributed by atoms with E-state index in [2.05, 4.69) is 0 Å². The predicted octanol–water partition coefficient (Wildman–Crippen LogP) is 2.43. The van der Waals surface area contributed by atoms with E-state index >= 15 is 0 Å². The molecule has 202 valence electrons. The van der Waals surface area contributed by atoms with Gasteiger partial charge in [-0.15, -0.1) is 0 Å². The summed E-state index contributed by atoms with van der Waals surface area (Å²) in [5.41, 5.74) is 0. The molecule has 0 atom stereocenters. The zero-order chi connectivity index (χ0) is 26.0. The fourth-order valence-electron chi connectivity index (χ4n) is 2.36. The summed E-state index contributed by atoms with van der Waals surface area (Å²) in [6.45, 7) is 15.4. The number of hydrogen-bond acceptors (Lipinski definition) is 12. The molecule has 0 aromatic heterocycles. The van der Waals surface area contributed by atoms with Crippen molar-refractivity contribution in [1.82, 2.24) is 0 Å². The van der Waals surface area contributed by atoms with Gasteiger partial charge in [-0.1, -0.05) is 0 Å². The van der Waals surface area contributed by atoms with E-state index in [0.29, 0.717) is 33.0 Å². The van der Waals surface area contributed by atoms with E-state index < -0.39 is 35.7 Å². The van der Waals surface area contributed by atoms with Crippen LogP contribution in [0.25, 0.3) is 0 Å². The normalized spacial score (nSPS) is 13.1. The highest BCUT2D eigenvalue weighted by molar-refractivity contribution is 6.71. The summed E-state index contributed by atoms with van der Waals surface area (Å²) in [6, 6.07) is 0. The fourth-order valence-corrected chi connectivity index (χ4v) is 12.0. The molecule has 0 aliphatic rings. The molecular formula is C17H46O12Si4. The van der Waals surface area contributed by atoms with E-state index in [0.717, 1.165) is 0 Å². The van der Waals surface area contributed by atoms with Crippen LogP contribution >= 0.6 is 0 Å². The van der Waals surface area contributed by atoms with Gasteiger partial charge >= 0.3 is 35.7 Å². The van der Waals surface area contributed by atoms with E-state index in [1.807, 2.05) is 41.2 Å². The van der Waals surface area contributed by atoms with Crippen molar-refractivity contribution >= 4 is 35.7 Å². The Kier molecular flexibility index (Phi) is 20.1. The van der Waals surface area contributed by atoms with Crippen molar-refractivity contribution in [3.63, 3.8) is 0 Å². The Hall–Kier alpha value is 0.388. The lowest BCUT2D eigenvalue weighted by Gasteiger charge is -2.34. The Balaban J connectivity index is 0. The van der Waals surface area contributed by atoms with Crippen LogP contribution in [0.5, 0.6) is 0 Å². The first-order valence-corrected chi connectivity index (χ1v) is 18.6. The highest BCUT2D eigenvalue weighted by Gasteiger charge is 2.54. The molecular weight excluding hydrogens is 509 g/mol. The van der Waals surface area contributed by atoms with Gasteiger partial charge in [0.05, 0.1) is 0 Å². The van der Waals surface area contributed by atoms with Gasteiger partial charge in [-0.3, -0.25) is 0 Å². The Morgan fingerprint density at radius 3 is 0.939 bits per heavy atom. The van der Waals surface area contributed by atoms with E-state index in [1.54, 1.807) is 6.55 Å². The standard InChI is InChI=1S/C11H28O6Si2.C6H18O6Si2/c1-7-12-18(6,13-8-2)17-19(14-9-3,15-10-4)16-11-5;1-7-13(6,8-2)12-14(9-3,10-4)11-5/h7-11H2,1-6H3;1-6H3. The van der Waals surface area contributed by atoms with Crippen LogP contribution in [0.3, 0.4) is 0 Å². The Morgan fingerprint density at radius 1 is 0.394 bits per heavy atom. The average molecular weight is 555 g/mol. The molecule has 0 aromatic carbocycles.